The molecule has 0 aliphatic carbocycles. The van der Waals surface area contributed by atoms with E-state index in [-0.39, 0.29) is 5.60 Å². The normalized spacial score (nSPS) is 13.8. The minimum atomic E-state index is -0.462. The van der Waals surface area contributed by atoms with Crippen molar-refractivity contribution < 1.29 is 9.84 Å². The second-order valence-electron chi connectivity index (χ2n) is 5.48. The summed E-state index contributed by atoms with van der Waals surface area (Å²) in [7, 11) is 1.93. The topological polar surface area (TPSA) is 59.3 Å². The molecule has 104 valence electrons. The third-order valence-electron chi connectivity index (χ3n) is 2.57. The van der Waals surface area contributed by atoms with Crippen LogP contribution in [0, 0.1) is 0 Å². The highest BCUT2D eigenvalue weighted by atomic mass is 16.5. The maximum atomic E-state index is 9.72. The first kappa shape index (κ1) is 15.1. The van der Waals surface area contributed by atoms with Gasteiger partial charge in [-0.25, -0.2) is 0 Å². The summed E-state index contributed by atoms with van der Waals surface area (Å²) in [4.78, 5) is 0. The smallest absolute Gasteiger partial charge is 0.0897 e. The average Bonchev–Trinajstić information content (AvgIpc) is 2.67. The van der Waals surface area contributed by atoms with E-state index in [0.717, 1.165) is 13.0 Å². The number of hydrogen-bond acceptors (Lipinski definition) is 4. The number of aryl methyl sites for hydroxylation is 1. The van der Waals surface area contributed by atoms with Gasteiger partial charge in [-0.15, -0.1) is 0 Å². The molecule has 0 saturated carbocycles. The molecular weight excluding hydrogens is 230 g/mol. The van der Waals surface area contributed by atoms with E-state index in [1.807, 2.05) is 38.6 Å². The van der Waals surface area contributed by atoms with Gasteiger partial charge in [-0.05, 0) is 26.8 Å². The van der Waals surface area contributed by atoms with Crippen LogP contribution in [-0.4, -0.2) is 46.3 Å². The SMILES string of the molecule is Cn1nccc1CCNCC(O)COC(C)(C)C. The van der Waals surface area contributed by atoms with Crippen molar-refractivity contribution >= 4 is 0 Å². The summed E-state index contributed by atoms with van der Waals surface area (Å²) in [5.41, 5.74) is 0.985. The van der Waals surface area contributed by atoms with E-state index in [2.05, 4.69) is 10.4 Å². The summed E-state index contributed by atoms with van der Waals surface area (Å²) in [6, 6.07) is 2.00. The standard InChI is InChI=1S/C13H25N3O2/c1-13(2,3)18-10-12(17)9-14-7-5-11-6-8-15-16(11)4/h6,8,12,14,17H,5,7,9-10H2,1-4H3. The summed E-state index contributed by atoms with van der Waals surface area (Å²) in [6.07, 6.45) is 2.24. The van der Waals surface area contributed by atoms with Gasteiger partial charge in [0.15, 0.2) is 0 Å². The molecule has 0 saturated heterocycles. The molecule has 5 nitrogen and oxygen atoms in total. The maximum absolute atomic E-state index is 9.72. The maximum Gasteiger partial charge on any atom is 0.0897 e. The molecule has 0 aromatic carbocycles. The minimum absolute atomic E-state index is 0.199. The zero-order valence-corrected chi connectivity index (χ0v) is 11.8. The molecule has 0 aliphatic rings. The third-order valence-corrected chi connectivity index (χ3v) is 2.57. The lowest BCUT2D eigenvalue weighted by Crippen LogP contribution is -2.34. The molecule has 1 heterocycles. The first-order valence-corrected chi connectivity index (χ1v) is 6.38. The summed E-state index contributed by atoms with van der Waals surface area (Å²) < 4.78 is 7.37. The lowest BCUT2D eigenvalue weighted by atomic mass is 10.2. The van der Waals surface area contributed by atoms with Crippen molar-refractivity contribution in [1.29, 1.82) is 0 Å². The zero-order chi connectivity index (χ0) is 13.6. The predicted molar refractivity (Wildman–Crippen MR) is 71.5 cm³/mol. The second kappa shape index (κ2) is 6.87. The van der Waals surface area contributed by atoms with Crippen molar-refractivity contribution in [2.75, 3.05) is 19.7 Å². The highest BCUT2D eigenvalue weighted by Gasteiger charge is 2.13. The van der Waals surface area contributed by atoms with Crippen LogP contribution in [0.4, 0.5) is 0 Å². The molecule has 1 aromatic rings. The van der Waals surface area contributed by atoms with Gasteiger partial charge in [0.05, 0.1) is 18.3 Å². The van der Waals surface area contributed by atoms with Gasteiger partial charge in [-0.1, -0.05) is 0 Å². The molecule has 1 unspecified atom stereocenters. The first-order valence-electron chi connectivity index (χ1n) is 6.38. The largest absolute Gasteiger partial charge is 0.389 e. The van der Waals surface area contributed by atoms with Crippen LogP contribution < -0.4 is 5.32 Å². The van der Waals surface area contributed by atoms with Crippen molar-refractivity contribution in [3.63, 3.8) is 0 Å². The summed E-state index contributed by atoms with van der Waals surface area (Å²) in [6.45, 7) is 7.68. The van der Waals surface area contributed by atoms with E-state index in [4.69, 9.17) is 4.74 Å². The van der Waals surface area contributed by atoms with Crippen LogP contribution in [0.3, 0.4) is 0 Å². The number of aliphatic hydroxyl groups excluding tert-OH is 1. The molecule has 1 aromatic heterocycles. The first-order chi connectivity index (χ1) is 8.38. The van der Waals surface area contributed by atoms with E-state index in [1.54, 1.807) is 6.20 Å². The fraction of sp³-hybridized carbons (Fsp3) is 0.769. The molecule has 0 bridgehead atoms. The molecule has 1 atom stereocenters. The highest BCUT2D eigenvalue weighted by molar-refractivity contribution is 5.00. The molecule has 2 N–H and O–H groups in total. The van der Waals surface area contributed by atoms with Gasteiger partial charge in [0.1, 0.15) is 0 Å². The fourth-order valence-electron chi connectivity index (χ4n) is 1.54. The van der Waals surface area contributed by atoms with Gasteiger partial charge in [0, 0.05) is 38.4 Å². The van der Waals surface area contributed by atoms with Gasteiger partial charge in [0.25, 0.3) is 0 Å². The molecule has 0 aliphatic heterocycles. The van der Waals surface area contributed by atoms with Gasteiger partial charge < -0.3 is 15.2 Å². The Bertz CT molecular complexity index is 344. The number of aromatic nitrogens is 2. The number of rotatable bonds is 7. The van der Waals surface area contributed by atoms with Gasteiger partial charge in [-0.2, -0.15) is 5.10 Å². The predicted octanol–water partition coefficient (Wildman–Crippen LogP) is 0.728. The average molecular weight is 255 g/mol. The molecule has 0 spiro atoms. The minimum Gasteiger partial charge on any atom is -0.389 e. The Morgan fingerprint density at radius 1 is 1.50 bits per heavy atom. The van der Waals surface area contributed by atoms with Crippen LogP contribution in [-0.2, 0) is 18.2 Å². The molecular formula is C13H25N3O2. The van der Waals surface area contributed by atoms with Crippen molar-refractivity contribution in [3.8, 4) is 0 Å². The molecule has 1 rings (SSSR count). The Morgan fingerprint density at radius 3 is 2.78 bits per heavy atom. The van der Waals surface area contributed by atoms with E-state index >= 15 is 0 Å². The summed E-state index contributed by atoms with van der Waals surface area (Å²) in [5, 5.41) is 17.0. The lowest BCUT2D eigenvalue weighted by Gasteiger charge is -2.22. The van der Waals surface area contributed by atoms with E-state index in [9.17, 15) is 5.11 Å². The molecule has 0 amide bonds. The van der Waals surface area contributed by atoms with Crippen LogP contribution in [0.2, 0.25) is 0 Å². The van der Waals surface area contributed by atoms with Gasteiger partial charge in [-0.3, -0.25) is 4.68 Å². The second-order valence-corrected chi connectivity index (χ2v) is 5.48. The third kappa shape index (κ3) is 6.14. The summed E-state index contributed by atoms with van der Waals surface area (Å²) >= 11 is 0. The Labute approximate surface area is 109 Å². The fourth-order valence-corrected chi connectivity index (χ4v) is 1.54. The van der Waals surface area contributed by atoms with Gasteiger partial charge in [0.2, 0.25) is 0 Å². The Kier molecular flexibility index (Phi) is 5.78. The molecule has 0 fully saturated rings. The van der Waals surface area contributed by atoms with Crippen molar-refractivity contribution in [2.24, 2.45) is 7.05 Å². The van der Waals surface area contributed by atoms with Crippen LogP contribution >= 0.6 is 0 Å². The number of aliphatic hydroxyl groups is 1. The van der Waals surface area contributed by atoms with Crippen molar-refractivity contribution in [3.05, 3.63) is 18.0 Å². The number of nitrogens with one attached hydrogen (secondary N) is 1. The van der Waals surface area contributed by atoms with Crippen molar-refractivity contribution in [2.45, 2.75) is 38.9 Å². The van der Waals surface area contributed by atoms with E-state index in [1.165, 1.54) is 5.69 Å². The van der Waals surface area contributed by atoms with Crippen LogP contribution in [0.25, 0.3) is 0 Å². The van der Waals surface area contributed by atoms with Crippen molar-refractivity contribution in [1.82, 2.24) is 15.1 Å². The van der Waals surface area contributed by atoms with E-state index < -0.39 is 6.10 Å². The van der Waals surface area contributed by atoms with Crippen LogP contribution in [0.1, 0.15) is 26.5 Å². The quantitative estimate of drug-likeness (QED) is 0.705. The van der Waals surface area contributed by atoms with Crippen LogP contribution in [0.15, 0.2) is 12.3 Å². The van der Waals surface area contributed by atoms with Crippen LogP contribution in [0.5, 0.6) is 0 Å². The monoisotopic (exact) mass is 255 g/mol. The lowest BCUT2D eigenvalue weighted by molar-refractivity contribution is -0.0477. The number of ether oxygens (including phenoxy) is 1. The summed E-state index contributed by atoms with van der Waals surface area (Å²) in [5.74, 6) is 0. The van der Waals surface area contributed by atoms with Gasteiger partial charge >= 0.3 is 0 Å². The number of nitrogens with zero attached hydrogens (tertiary/aromatic N) is 2. The Balaban J connectivity index is 2.09. The molecule has 5 heteroatoms. The number of hydrogen-bond donors (Lipinski definition) is 2. The Morgan fingerprint density at radius 2 is 2.22 bits per heavy atom. The molecule has 0 radical (unpaired) electrons. The van der Waals surface area contributed by atoms with E-state index in [0.29, 0.717) is 13.2 Å². The zero-order valence-electron chi connectivity index (χ0n) is 11.8. The molecule has 18 heavy (non-hydrogen) atoms. The highest BCUT2D eigenvalue weighted by Crippen LogP contribution is 2.06. The Hall–Kier alpha value is -0.910.